The molecule has 1 fully saturated rings. The molecule has 0 atom stereocenters. The lowest BCUT2D eigenvalue weighted by Gasteiger charge is -2.26. The summed E-state index contributed by atoms with van der Waals surface area (Å²) in [5, 5.41) is 2.64. The third-order valence-corrected chi connectivity index (χ3v) is 6.41. The van der Waals surface area contributed by atoms with Crippen LogP contribution in [0.4, 0.5) is 10.5 Å². The minimum absolute atomic E-state index is 0.183. The van der Waals surface area contributed by atoms with Gasteiger partial charge >= 0.3 is 6.03 Å². The highest BCUT2D eigenvalue weighted by atomic mass is 79.9. The third kappa shape index (κ3) is 4.98. The fourth-order valence-electron chi connectivity index (χ4n) is 3.80. The number of carbonyl (C=O) groups is 3. The Hall–Kier alpha value is -4.02. The van der Waals surface area contributed by atoms with Gasteiger partial charge in [-0.3, -0.25) is 14.9 Å². The smallest absolute Gasteiger partial charge is 0.335 e. The van der Waals surface area contributed by atoms with Crippen LogP contribution in [0.2, 0.25) is 5.02 Å². The number of amides is 4. The first-order chi connectivity index (χ1) is 17.8. The first-order valence-electron chi connectivity index (χ1n) is 10.9. The highest BCUT2D eigenvalue weighted by Crippen LogP contribution is 2.39. The highest BCUT2D eigenvalue weighted by Gasteiger charge is 2.36. The van der Waals surface area contributed by atoms with Crippen LogP contribution in [0.15, 0.2) is 64.6 Å². The van der Waals surface area contributed by atoms with Gasteiger partial charge in [-0.1, -0.05) is 17.7 Å². The molecule has 3 aromatic carbocycles. The van der Waals surface area contributed by atoms with Crippen molar-refractivity contribution >= 4 is 57.1 Å². The molecule has 2 aliphatic heterocycles. The maximum absolute atomic E-state index is 13.1. The van der Waals surface area contributed by atoms with Crippen molar-refractivity contribution in [1.29, 1.82) is 0 Å². The molecule has 9 nitrogen and oxygen atoms in total. The van der Waals surface area contributed by atoms with Gasteiger partial charge in [-0.2, -0.15) is 0 Å². The normalized spacial score (nSPS) is 15.7. The molecule has 37 heavy (non-hydrogen) atoms. The molecule has 0 aliphatic carbocycles. The lowest BCUT2D eigenvalue weighted by atomic mass is 10.1. The van der Waals surface area contributed by atoms with Crippen molar-refractivity contribution < 1.29 is 33.3 Å². The van der Waals surface area contributed by atoms with Crippen molar-refractivity contribution in [3.63, 3.8) is 0 Å². The molecule has 1 saturated heterocycles. The summed E-state index contributed by atoms with van der Waals surface area (Å²) >= 11 is 9.39. The van der Waals surface area contributed by atoms with Gasteiger partial charge in [0.15, 0.2) is 23.0 Å². The molecule has 0 bridgehead atoms. The second-order valence-corrected chi connectivity index (χ2v) is 9.24. The van der Waals surface area contributed by atoms with E-state index in [0.29, 0.717) is 38.1 Å². The van der Waals surface area contributed by atoms with Crippen LogP contribution in [0.5, 0.6) is 23.0 Å². The quantitative estimate of drug-likeness (QED) is 0.318. The van der Waals surface area contributed by atoms with E-state index in [1.165, 1.54) is 25.3 Å². The summed E-state index contributed by atoms with van der Waals surface area (Å²) in [7, 11) is 1.48. The molecular weight excluding hydrogens is 568 g/mol. The van der Waals surface area contributed by atoms with Gasteiger partial charge in [0.2, 0.25) is 6.79 Å². The van der Waals surface area contributed by atoms with Crippen LogP contribution >= 0.6 is 27.5 Å². The zero-order valence-electron chi connectivity index (χ0n) is 19.2. The number of nitrogens with zero attached hydrogens (tertiary/aromatic N) is 1. The van der Waals surface area contributed by atoms with E-state index in [9.17, 15) is 14.4 Å². The summed E-state index contributed by atoms with van der Waals surface area (Å²) in [6.07, 6.45) is 1.38. The van der Waals surface area contributed by atoms with E-state index in [0.717, 1.165) is 10.5 Å². The molecule has 188 valence electrons. The second kappa shape index (κ2) is 10.2. The van der Waals surface area contributed by atoms with Crippen LogP contribution in [0.25, 0.3) is 6.08 Å². The van der Waals surface area contributed by atoms with Gasteiger partial charge in [-0.05, 0) is 81.7 Å². The number of hydrogen-bond acceptors (Lipinski definition) is 7. The highest BCUT2D eigenvalue weighted by molar-refractivity contribution is 9.10. The van der Waals surface area contributed by atoms with Crippen LogP contribution in [0, 0.1) is 0 Å². The van der Waals surface area contributed by atoms with Crippen molar-refractivity contribution in [3.05, 3.63) is 80.8 Å². The molecule has 3 aromatic rings. The van der Waals surface area contributed by atoms with E-state index >= 15 is 0 Å². The fourth-order valence-corrected chi connectivity index (χ4v) is 4.50. The van der Waals surface area contributed by atoms with Crippen molar-refractivity contribution in [2.45, 2.75) is 6.61 Å². The average Bonchev–Trinajstić information content (AvgIpc) is 3.34. The summed E-state index contributed by atoms with van der Waals surface area (Å²) in [4.78, 5) is 39.0. The Bertz CT molecular complexity index is 1460. The molecular formula is C26H18BrClN2O7. The number of urea groups is 1. The van der Waals surface area contributed by atoms with Gasteiger partial charge in [0.05, 0.1) is 17.3 Å². The second-order valence-electron chi connectivity index (χ2n) is 7.94. The minimum Gasteiger partial charge on any atom is -0.493 e. The summed E-state index contributed by atoms with van der Waals surface area (Å²) in [6.45, 7) is 0.410. The molecule has 0 radical (unpaired) electrons. The lowest BCUT2D eigenvalue weighted by Crippen LogP contribution is -2.54. The van der Waals surface area contributed by atoms with Crippen molar-refractivity contribution in [2.24, 2.45) is 0 Å². The Kier molecular flexibility index (Phi) is 6.77. The van der Waals surface area contributed by atoms with Crippen molar-refractivity contribution in [2.75, 3.05) is 18.8 Å². The van der Waals surface area contributed by atoms with Crippen LogP contribution in [0.3, 0.4) is 0 Å². The lowest BCUT2D eigenvalue weighted by molar-refractivity contribution is -0.122. The van der Waals surface area contributed by atoms with Gasteiger partial charge in [-0.25, -0.2) is 9.69 Å². The number of halogens is 2. The van der Waals surface area contributed by atoms with Gasteiger partial charge < -0.3 is 18.9 Å². The van der Waals surface area contributed by atoms with Crippen LogP contribution in [-0.2, 0) is 16.2 Å². The SMILES string of the molecule is COc1cc(/C=C2\C(=O)NC(=O)N(c3ccc(Cl)cc3)C2=O)cc(Br)c1OCc1ccc2c(c1)OCO2. The number of hydrogen-bond donors (Lipinski definition) is 1. The molecule has 0 aromatic heterocycles. The monoisotopic (exact) mass is 584 g/mol. The first-order valence-corrected chi connectivity index (χ1v) is 12.1. The molecule has 5 rings (SSSR count). The van der Waals surface area contributed by atoms with Gasteiger partial charge in [-0.15, -0.1) is 0 Å². The van der Waals surface area contributed by atoms with E-state index in [1.807, 2.05) is 18.2 Å². The summed E-state index contributed by atoms with van der Waals surface area (Å²) in [5.74, 6) is 0.553. The van der Waals surface area contributed by atoms with E-state index < -0.39 is 17.8 Å². The van der Waals surface area contributed by atoms with Gasteiger partial charge in [0.1, 0.15) is 12.2 Å². The summed E-state index contributed by atoms with van der Waals surface area (Å²) in [6, 6.07) is 14.1. The molecule has 2 aliphatic rings. The Labute approximate surface area is 224 Å². The number of nitrogens with one attached hydrogen (secondary N) is 1. The van der Waals surface area contributed by atoms with Crippen LogP contribution in [-0.4, -0.2) is 31.7 Å². The van der Waals surface area contributed by atoms with E-state index in [4.69, 9.17) is 30.5 Å². The number of rotatable bonds is 6. The summed E-state index contributed by atoms with van der Waals surface area (Å²) in [5.41, 5.74) is 1.39. The molecule has 2 heterocycles. The Morgan fingerprint density at radius 1 is 1.05 bits per heavy atom. The van der Waals surface area contributed by atoms with Crippen molar-refractivity contribution in [3.8, 4) is 23.0 Å². The average molecular weight is 586 g/mol. The standard InChI is InChI=1S/C26H18BrClN2O7/c1-34-22-11-15(9-19(27)23(22)35-12-14-2-7-20-21(10-14)37-13-36-20)8-18-24(31)29-26(33)30(25(18)32)17-5-3-16(28)4-6-17/h2-11H,12-13H2,1H3,(H,29,31,33)/b18-8+. The topological polar surface area (TPSA) is 103 Å². The van der Waals surface area contributed by atoms with E-state index in [2.05, 4.69) is 21.2 Å². The maximum Gasteiger partial charge on any atom is 0.335 e. The molecule has 11 heteroatoms. The van der Waals surface area contributed by atoms with Crippen molar-refractivity contribution in [1.82, 2.24) is 5.32 Å². The predicted molar refractivity (Wildman–Crippen MR) is 138 cm³/mol. The molecule has 0 unspecified atom stereocenters. The predicted octanol–water partition coefficient (Wildman–Crippen LogP) is 5.09. The zero-order chi connectivity index (χ0) is 26.1. The Balaban J connectivity index is 1.41. The van der Waals surface area contributed by atoms with Gasteiger partial charge in [0, 0.05) is 5.02 Å². The summed E-state index contributed by atoms with van der Waals surface area (Å²) < 4.78 is 22.8. The van der Waals surface area contributed by atoms with Gasteiger partial charge in [0.25, 0.3) is 11.8 Å². The molecule has 0 saturated carbocycles. The number of fused-ring (bicyclic) bond motifs is 1. The number of imide groups is 2. The van der Waals surface area contributed by atoms with Crippen LogP contribution in [0.1, 0.15) is 11.1 Å². The number of anilines is 1. The number of benzene rings is 3. The zero-order valence-corrected chi connectivity index (χ0v) is 21.6. The maximum atomic E-state index is 13.1. The van der Waals surface area contributed by atoms with E-state index in [-0.39, 0.29) is 24.7 Å². The third-order valence-electron chi connectivity index (χ3n) is 5.57. The van der Waals surface area contributed by atoms with E-state index in [1.54, 1.807) is 24.3 Å². The Morgan fingerprint density at radius 2 is 1.81 bits per heavy atom. The molecule has 1 N–H and O–H groups in total. The molecule has 4 amide bonds. The number of methoxy groups -OCH3 is 1. The largest absolute Gasteiger partial charge is 0.493 e. The molecule has 0 spiro atoms. The van der Waals surface area contributed by atoms with Crippen LogP contribution < -0.4 is 29.2 Å². The fraction of sp³-hybridized carbons (Fsp3) is 0.115. The first kappa shape index (κ1) is 24.7. The number of carbonyl (C=O) groups excluding carboxylic acids is 3. The Morgan fingerprint density at radius 3 is 2.57 bits per heavy atom. The minimum atomic E-state index is -0.847. The number of ether oxygens (including phenoxy) is 4. The number of barbiturate groups is 1.